The first-order valence-corrected chi connectivity index (χ1v) is 11.3. The quantitative estimate of drug-likeness (QED) is 0.788. The standard InChI is InChI=1S/C22H30N4O2S/c1-18(25-10-8-24(9-11-25)17-21-3-2-16-29-21)22(27)23-19-4-6-20(7-5-19)26-12-14-28-15-13-26/h2-7,16,18H,8-15,17H2,1H3,(H,23,27). The van der Waals surface area contributed by atoms with E-state index in [1.54, 1.807) is 0 Å². The summed E-state index contributed by atoms with van der Waals surface area (Å²) in [6.07, 6.45) is 0. The summed E-state index contributed by atoms with van der Waals surface area (Å²) in [7, 11) is 0. The zero-order valence-electron chi connectivity index (χ0n) is 17.0. The lowest BCUT2D eigenvalue weighted by Crippen LogP contribution is -2.52. The first kappa shape index (κ1) is 20.3. The first-order chi connectivity index (χ1) is 14.2. The molecule has 2 aliphatic heterocycles. The smallest absolute Gasteiger partial charge is 0.241 e. The number of carbonyl (C=O) groups is 1. The van der Waals surface area contributed by atoms with Gasteiger partial charge in [-0.2, -0.15) is 0 Å². The number of nitrogens with zero attached hydrogens (tertiary/aromatic N) is 3. The molecule has 1 aromatic carbocycles. The number of ether oxygens (including phenoxy) is 1. The van der Waals surface area contributed by atoms with Gasteiger partial charge in [0, 0.05) is 62.1 Å². The molecule has 1 amide bonds. The highest BCUT2D eigenvalue weighted by molar-refractivity contribution is 7.09. The van der Waals surface area contributed by atoms with E-state index in [9.17, 15) is 4.79 Å². The average molecular weight is 415 g/mol. The molecule has 0 saturated carbocycles. The van der Waals surface area contributed by atoms with E-state index in [2.05, 4.69) is 49.7 Å². The van der Waals surface area contributed by atoms with Gasteiger partial charge in [-0.1, -0.05) is 6.07 Å². The minimum Gasteiger partial charge on any atom is -0.378 e. The number of rotatable bonds is 6. The predicted molar refractivity (Wildman–Crippen MR) is 119 cm³/mol. The van der Waals surface area contributed by atoms with Gasteiger partial charge < -0.3 is 15.0 Å². The van der Waals surface area contributed by atoms with Crippen molar-refractivity contribution < 1.29 is 9.53 Å². The maximum Gasteiger partial charge on any atom is 0.241 e. The van der Waals surface area contributed by atoms with Crippen molar-refractivity contribution in [3.05, 3.63) is 46.7 Å². The van der Waals surface area contributed by atoms with Crippen LogP contribution in [-0.2, 0) is 16.1 Å². The van der Waals surface area contributed by atoms with Gasteiger partial charge in [-0.3, -0.25) is 14.6 Å². The van der Waals surface area contributed by atoms with Crippen molar-refractivity contribution in [1.29, 1.82) is 0 Å². The number of thiophene rings is 1. The molecule has 156 valence electrons. The number of carbonyl (C=O) groups excluding carboxylic acids is 1. The Morgan fingerprint density at radius 1 is 1.07 bits per heavy atom. The van der Waals surface area contributed by atoms with Crippen LogP contribution < -0.4 is 10.2 Å². The second kappa shape index (κ2) is 9.71. The average Bonchev–Trinajstić information content (AvgIpc) is 3.28. The van der Waals surface area contributed by atoms with E-state index < -0.39 is 0 Å². The van der Waals surface area contributed by atoms with E-state index in [-0.39, 0.29) is 11.9 Å². The van der Waals surface area contributed by atoms with Crippen molar-refractivity contribution in [1.82, 2.24) is 9.80 Å². The maximum absolute atomic E-state index is 12.7. The van der Waals surface area contributed by atoms with Crippen molar-refractivity contribution >= 4 is 28.6 Å². The summed E-state index contributed by atoms with van der Waals surface area (Å²) in [5.41, 5.74) is 2.04. The van der Waals surface area contributed by atoms with Crippen molar-refractivity contribution in [2.45, 2.75) is 19.5 Å². The molecule has 0 spiro atoms. The van der Waals surface area contributed by atoms with Crippen LogP contribution in [0.3, 0.4) is 0 Å². The summed E-state index contributed by atoms with van der Waals surface area (Å²) in [5.74, 6) is 0.0656. The lowest BCUT2D eigenvalue weighted by atomic mass is 10.2. The Morgan fingerprint density at radius 3 is 2.45 bits per heavy atom. The van der Waals surface area contributed by atoms with Crippen LogP contribution in [-0.4, -0.2) is 74.2 Å². The van der Waals surface area contributed by atoms with E-state index in [4.69, 9.17) is 4.74 Å². The van der Waals surface area contributed by atoms with E-state index in [0.29, 0.717) is 0 Å². The van der Waals surface area contributed by atoms with Gasteiger partial charge in [0.05, 0.1) is 19.3 Å². The highest BCUT2D eigenvalue weighted by Gasteiger charge is 2.25. The van der Waals surface area contributed by atoms with Crippen LogP contribution in [0.15, 0.2) is 41.8 Å². The summed E-state index contributed by atoms with van der Waals surface area (Å²) >= 11 is 1.81. The number of amides is 1. The van der Waals surface area contributed by atoms with Crippen LogP contribution in [0.5, 0.6) is 0 Å². The molecule has 3 heterocycles. The fraction of sp³-hybridized carbons (Fsp3) is 0.500. The molecule has 1 atom stereocenters. The highest BCUT2D eigenvalue weighted by Crippen LogP contribution is 2.20. The van der Waals surface area contributed by atoms with Gasteiger partial charge >= 0.3 is 0 Å². The van der Waals surface area contributed by atoms with Crippen LogP contribution in [0.4, 0.5) is 11.4 Å². The van der Waals surface area contributed by atoms with Crippen LogP contribution in [0.1, 0.15) is 11.8 Å². The Morgan fingerprint density at radius 2 is 1.79 bits per heavy atom. The van der Waals surface area contributed by atoms with Gasteiger partial charge in [0.2, 0.25) is 5.91 Å². The highest BCUT2D eigenvalue weighted by atomic mass is 32.1. The summed E-state index contributed by atoms with van der Waals surface area (Å²) in [6.45, 7) is 10.3. The second-order valence-corrected chi connectivity index (χ2v) is 8.74. The fourth-order valence-electron chi connectivity index (χ4n) is 3.92. The number of benzene rings is 1. The van der Waals surface area contributed by atoms with Crippen LogP contribution >= 0.6 is 11.3 Å². The molecule has 0 bridgehead atoms. The topological polar surface area (TPSA) is 48.1 Å². The van der Waals surface area contributed by atoms with Gasteiger partial charge in [-0.15, -0.1) is 11.3 Å². The molecule has 29 heavy (non-hydrogen) atoms. The van der Waals surface area contributed by atoms with E-state index in [1.807, 2.05) is 30.4 Å². The molecule has 2 saturated heterocycles. The van der Waals surface area contributed by atoms with Gasteiger partial charge in [-0.05, 0) is 42.6 Å². The number of nitrogens with one attached hydrogen (secondary N) is 1. The number of piperazine rings is 1. The molecule has 2 aliphatic rings. The normalized spacial score (nSPS) is 19.8. The number of morpholine rings is 1. The number of hydrogen-bond acceptors (Lipinski definition) is 6. The largest absolute Gasteiger partial charge is 0.378 e. The SMILES string of the molecule is CC(C(=O)Nc1ccc(N2CCOCC2)cc1)N1CCN(Cc2cccs2)CC1. The lowest BCUT2D eigenvalue weighted by Gasteiger charge is -2.37. The van der Waals surface area contributed by atoms with Crippen molar-refractivity contribution in [2.24, 2.45) is 0 Å². The molecule has 7 heteroatoms. The zero-order valence-corrected chi connectivity index (χ0v) is 17.9. The van der Waals surface area contributed by atoms with Crippen LogP contribution in [0, 0.1) is 0 Å². The summed E-state index contributed by atoms with van der Waals surface area (Å²) in [6, 6.07) is 12.3. The van der Waals surface area contributed by atoms with Crippen molar-refractivity contribution in [3.63, 3.8) is 0 Å². The number of hydrogen-bond donors (Lipinski definition) is 1. The Balaban J connectivity index is 1.25. The molecule has 1 aromatic heterocycles. The van der Waals surface area contributed by atoms with Crippen LogP contribution in [0.2, 0.25) is 0 Å². The number of anilines is 2. The summed E-state index contributed by atoms with van der Waals surface area (Å²) < 4.78 is 5.41. The Hall–Kier alpha value is -1.93. The Kier molecular flexibility index (Phi) is 6.82. The van der Waals surface area contributed by atoms with Crippen molar-refractivity contribution in [2.75, 3.05) is 62.7 Å². The third kappa shape index (κ3) is 5.36. The van der Waals surface area contributed by atoms with E-state index in [1.165, 1.54) is 10.6 Å². The molecule has 6 nitrogen and oxygen atoms in total. The summed E-state index contributed by atoms with van der Waals surface area (Å²) in [5, 5.41) is 5.21. The summed E-state index contributed by atoms with van der Waals surface area (Å²) in [4.78, 5) is 21.2. The lowest BCUT2D eigenvalue weighted by molar-refractivity contribution is -0.121. The minimum atomic E-state index is -0.127. The molecular formula is C22H30N4O2S. The second-order valence-electron chi connectivity index (χ2n) is 7.70. The molecule has 2 fully saturated rings. The maximum atomic E-state index is 12.7. The fourth-order valence-corrected chi connectivity index (χ4v) is 4.67. The van der Waals surface area contributed by atoms with Gasteiger partial charge in [0.15, 0.2) is 0 Å². The Labute approximate surface area is 177 Å². The third-order valence-corrected chi connectivity index (χ3v) is 6.67. The minimum absolute atomic E-state index is 0.0656. The van der Waals surface area contributed by atoms with Gasteiger partial charge in [0.25, 0.3) is 0 Å². The van der Waals surface area contributed by atoms with Crippen LogP contribution in [0.25, 0.3) is 0 Å². The molecule has 1 N–H and O–H groups in total. The predicted octanol–water partition coefficient (Wildman–Crippen LogP) is 2.73. The van der Waals surface area contributed by atoms with Gasteiger partial charge in [-0.25, -0.2) is 0 Å². The zero-order chi connectivity index (χ0) is 20.1. The molecule has 0 aliphatic carbocycles. The van der Waals surface area contributed by atoms with Gasteiger partial charge in [0.1, 0.15) is 0 Å². The monoisotopic (exact) mass is 414 g/mol. The first-order valence-electron chi connectivity index (χ1n) is 10.4. The Bertz CT molecular complexity index is 767. The van der Waals surface area contributed by atoms with E-state index in [0.717, 1.165) is 64.7 Å². The van der Waals surface area contributed by atoms with E-state index >= 15 is 0 Å². The molecule has 4 rings (SSSR count). The molecule has 1 unspecified atom stereocenters. The molecular weight excluding hydrogens is 384 g/mol. The van der Waals surface area contributed by atoms with Crippen molar-refractivity contribution in [3.8, 4) is 0 Å². The molecule has 0 radical (unpaired) electrons. The third-order valence-electron chi connectivity index (χ3n) is 5.80. The molecule has 2 aromatic rings.